The third-order valence-corrected chi connectivity index (χ3v) is 6.55. The molecule has 0 spiro atoms. The van der Waals surface area contributed by atoms with E-state index in [2.05, 4.69) is 10.2 Å². The molecule has 3 aliphatic heterocycles. The van der Waals surface area contributed by atoms with Crippen LogP contribution in [-0.2, 0) is 9.53 Å². The Morgan fingerprint density at radius 2 is 1.91 bits per heavy atom. The van der Waals surface area contributed by atoms with Crippen molar-refractivity contribution in [2.45, 2.75) is 30.8 Å². The Morgan fingerprint density at radius 1 is 1.17 bits per heavy atom. The van der Waals surface area contributed by atoms with Gasteiger partial charge in [-0.25, -0.2) is 4.79 Å². The van der Waals surface area contributed by atoms with Gasteiger partial charge in [-0.05, 0) is 19.3 Å². The molecule has 126 valence electrons. The van der Waals surface area contributed by atoms with E-state index in [0.717, 1.165) is 58.5 Å². The molecule has 6 fully saturated rings. The Balaban J connectivity index is 1.26. The molecule has 1 atom stereocenters. The van der Waals surface area contributed by atoms with Crippen molar-refractivity contribution in [3.05, 3.63) is 0 Å². The molecule has 0 radical (unpaired) electrons. The monoisotopic (exact) mass is 320 g/mol. The third kappa shape index (κ3) is 1.78. The number of carbonyl (C=O) groups is 2. The van der Waals surface area contributed by atoms with Crippen LogP contribution in [0.4, 0.5) is 4.79 Å². The van der Waals surface area contributed by atoms with Gasteiger partial charge < -0.3 is 24.8 Å². The topological polar surface area (TPSA) is 65.1 Å². The first-order valence-corrected chi connectivity index (χ1v) is 8.80. The van der Waals surface area contributed by atoms with E-state index in [1.807, 2.05) is 9.80 Å². The van der Waals surface area contributed by atoms with Crippen molar-refractivity contribution >= 4 is 11.9 Å². The predicted molar refractivity (Wildman–Crippen MR) is 81.9 cm³/mol. The van der Waals surface area contributed by atoms with Gasteiger partial charge in [-0.15, -0.1) is 0 Å². The van der Waals surface area contributed by atoms with Gasteiger partial charge in [0.1, 0.15) is 0 Å². The largest absolute Gasteiger partial charge is 0.378 e. The van der Waals surface area contributed by atoms with Crippen molar-refractivity contribution in [3.8, 4) is 0 Å². The van der Waals surface area contributed by atoms with Gasteiger partial charge in [0.05, 0.1) is 24.7 Å². The lowest BCUT2D eigenvalue weighted by Gasteiger charge is -2.72. The third-order valence-electron chi connectivity index (χ3n) is 6.55. The van der Waals surface area contributed by atoms with Crippen LogP contribution in [0.5, 0.6) is 0 Å². The summed E-state index contributed by atoms with van der Waals surface area (Å²) in [6, 6.07) is 0.514. The van der Waals surface area contributed by atoms with E-state index < -0.39 is 0 Å². The van der Waals surface area contributed by atoms with Gasteiger partial charge in [-0.3, -0.25) is 4.79 Å². The Morgan fingerprint density at radius 3 is 2.61 bits per heavy atom. The molecular weight excluding hydrogens is 296 g/mol. The van der Waals surface area contributed by atoms with Gasteiger partial charge in [0.25, 0.3) is 0 Å². The maximum atomic E-state index is 12.8. The molecule has 0 aromatic carbocycles. The molecule has 7 heteroatoms. The number of fused-ring (bicyclic) bond motifs is 1. The number of amides is 3. The van der Waals surface area contributed by atoms with Crippen molar-refractivity contribution in [1.82, 2.24) is 20.0 Å². The quantitative estimate of drug-likeness (QED) is 0.743. The summed E-state index contributed by atoms with van der Waals surface area (Å²) < 4.78 is 5.34. The van der Waals surface area contributed by atoms with Crippen LogP contribution in [0.15, 0.2) is 0 Å². The number of nitrogens with zero attached hydrogens (tertiary/aromatic N) is 3. The van der Waals surface area contributed by atoms with Crippen molar-refractivity contribution in [1.29, 1.82) is 0 Å². The minimum Gasteiger partial charge on any atom is -0.378 e. The number of nitrogens with one attached hydrogen (secondary N) is 1. The molecule has 3 saturated carbocycles. The average Bonchev–Trinajstić information content (AvgIpc) is 2.83. The van der Waals surface area contributed by atoms with E-state index in [4.69, 9.17) is 4.74 Å². The first-order valence-electron chi connectivity index (χ1n) is 8.80. The fraction of sp³-hybridized carbons (Fsp3) is 0.875. The van der Waals surface area contributed by atoms with Crippen LogP contribution in [0.2, 0.25) is 0 Å². The smallest absolute Gasteiger partial charge is 0.320 e. The van der Waals surface area contributed by atoms with Crippen molar-refractivity contribution in [3.63, 3.8) is 0 Å². The number of ether oxygens (including phenoxy) is 1. The van der Waals surface area contributed by atoms with E-state index in [0.29, 0.717) is 25.2 Å². The number of morpholine rings is 1. The minimum atomic E-state index is -0.168. The predicted octanol–water partition coefficient (Wildman–Crippen LogP) is -0.523. The van der Waals surface area contributed by atoms with Crippen LogP contribution in [0.25, 0.3) is 0 Å². The van der Waals surface area contributed by atoms with Crippen molar-refractivity contribution in [2.75, 3.05) is 52.5 Å². The lowest BCUT2D eigenvalue weighted by molar-refractivity contribution is -0.215. The van der Waals surface area contributed by atoms with Crippen LogP contribution in [0.3, 0.4) is 0 Å². The fourth-order valence-electron chi connectivity index (χ4n) is 5.37. The zero-order chi connectivity index (χ0) is 15.7. The van der Waals surface area contributed by atoms with Crippen molar-refractivity contribution in [2.24, 2.45) is 5.41 Å². The molecule has 3 amide bonds. The van der Waals surface area contributed by atoms with Crippen LogP contribution in [0.1, 0.15) is 19.3 Å². The molecule has 23 heavy (non-hydrogen) atoms. The minimum absolute atomic E-state index is 0.0175. The summed E-state index contributed by atoms with van der Waals surface area (Å²) in [6.45, 7) is 6.18. The van der Waals surface area contributed by atoms with Crippen LogP contribution < -0.4 is 5.32 Å². The molecular formula is C16H24N4O3. The molecule has 7 nitrogen and oxygen atoms in total. The summed E-state index contributed by atoms with van der Waals surface area (Å²) in [6.07, 6.45) is 2.61. The maximum Gasteiger partial charge on any atom is 0.320 e. The van der Waals surface area contributed by atoms with E-state index >= 15 is 0 Å². The van der Waals surface area contributed by atoms with E-state index in [1.165, 1.54) is 0 Å². The second kappa shape index (κ2) is 4.60. The Hall–Kier alpha value is -1.34. The van der Waals surface area contributed by atoms with Crippen LogP contribution in [0, 0.1) is 5.41 Å². The van der Waals surface area contributed by atoms with Gasteiger partial charge in [0.2, 0.25) is 5.91 Å². The summed E-state index contributed by atoms with van der Waals surface area (Å²) in [5.74, 6) is 0.300. The molecule has 0 aromatic rings. The molecule has 0 unspecified atom stereocenters. The molecule has 3 saturated heterocycles. The zero-order valence-corrected chi connectivity index (χ0v) is 13.4. The average molecular weight is 320 g/mol. The van der Waals surface area contributed by atoms with Crippen molar-refractivity contribution < 1.29 is 14.3 Å². The van der Waals surface area contributed by atoms with E-state index in [9.17, 15) is 9.59 Å². The highest BCUT2D eigenvalue weighted by Gasteiger charge is 2.76. The number of piperazine rings is 1. The molecule has 3 aliphatic carbocycles. The molecule has 6 rings (SSSR count). The highest BCUT2D eigenvalue weighted by atomic mass is 16.5. The Kier molecular flexibility index (Phi) is 2.81. The number of hydrogen-bond donors (Lipinski definition) is 1. The fourth-order valence-corrected chi connectivity index (χ4v) is 5.37. The van der Waals surface area contributed by atoms with Crippen LogP contribution in [-0.4, -0.2) is 90.7 Å². The lowest BCUT2D eigenvalue weighted by atomic mass is 9.38. The normalized spacial score (nSPS) is 42.2. The SMILES string of the molecule is O=C1N2CCNC[C@H]2CN1C12CC(C(=O)N3CCOCC3)(C1)C2. The van der Waals surface area contributed by atoms with Gasteiger partial charge >= 0.3 is 6.03 Å². The summed E-state index contributed by atoms with van der Waals surface area (Å²) in [7, 11) is 0. The first kappa shape index (κ1) is 14.0. The van der Waals surface area contributed by atoms with E-state index in [1.54, 1.807) is 0 Å². The molecule has 2 bridgehead atoms. The summed E-state index contributed by atoms with van der Waals surface area (Å²) in [5.41, 5.74) is -0.185. The maximum absolute atomic E-state index is 12.8. The second-order valence-corrected chi connectivity index (χ2v) is 7.88. The number of urea groups is 1. The molecule has 0 aromatic heterocycles. The number of carbonyl (C=O) groups excluding carboxylic acids is 2. The molecule has 3 heterocycles. The van der Waals surface area contributed by atoms with Gasteiger partial charge in [-0.2, -0.15) is 0 Å². The molecule has 1 N–H and O–H groups in total. The van der Waals surface area contributed by atoms with Gasteiger partial charge in [0.15, 0.2) is 0 Å². The zero-order valence-electron chi connectivity index (χ0n) is 13.4. The standard InChI is InChI=1S/C16H24N4O3/c21-13(18-3-5-23-6-4-18)15-9-16(10-15,11-15)20-8-12-7-17-1-2-19(12)14(20)22/h12,17H,1-11H2/t12-,15?,16?/m0/s1. The summed E-state index contributed by atoms with van der Waals surface area (Å²) in [4.78, 5) is 31.5. The molecule has 6 aliphatic rings. The second-order valence-electron chi connectivity index (χ2n) is 7.88. The Bertz CT molecular complexity index is 540. The highest BCUT2D eigenvalue weighted by molar-refractivity contribution is 5.89. The highest BCUT2D eigenvalue weighted by Crippen LogP contribution is 2.71. The first-order chi connectivity index (χ1) is 11.1. The Labute approximate surface area is 135 Å². The van der Waals surface area contributed by atoms with Gasteiger partial charge in [-0.1, -0.05) is 0 Å². The number of rotatable bonds is 2. The summed E-state index contributed by atoms with van der Waals surface area (Å²) in [5, 5.41) is 3.37. The van der Waals surface area contributed by atoms with Gasteiger partial charge in [0, 0.05) is 44.8 Å². The lowest BCUT2D eigenvalue weighted by Crippen LogP contribution is -2.79. The summed E-state index contributed by atoms with van der Waals surface area (Å²) >= 11 is 0. The number of hydrogen-bond acceptors (Lipinski definition) is 4. The van der Waals surface area contributed by atoms with Crippen LogP contribution >= 0.6 is 0 Å². The van der Waals surface area contributed by atoms with E-state index in [-0.39, 0.29) is 17.0 Å².